The van der Waals surface area contributed by atoms with E-state index in [0.29, 0.717) is 5.56 Å². The number of rotatable bonds is 2. The van der Waals surface area contributed by atoms with E-state index in [1.54, 1.807) is 6.20 Å². The maximum Gasteiger partial charge on any atom is 0.102 e. The molecule has 0 aliphatic rings. The van der Waals surface area contributed by atoms with Crippen molar-refractivity contribution < 1.29 is 0 Å². The second-order valence-corrected chi connectivity index (χ2v) is 4.40. The third-order valence-electron chi connectivity index (χ3n) is 2.04. The van der Waals surface area contributed by atoms with Gasteiger partial charge in [0.05, 0.1) is 11.8 Å². The van der Waals surface area contributed by atoms with E-state index in [-0.39, 0.29) is 0 Å². The highest BCUT2D eigenvalue weighted by Crippen LogP contribution is 2.18. The summed E-state index contributed by atoms with van der Waals surface area (Å²) in [5.41, 5.74) is 1.80. The van der Waals surface area contributed by atoms with Gasteiger partial charge in [0.15, 0.2) is 0 Å². The fourth-order valence-corrected chi connectivity index (χ4v) is 2.11. The molecule has 1 heterocycles. The number of aromatic nitrogens is 1. The zero-order valence-electron chi connectivity index (χ0n) is 7.77. The number of nitriles is 1. The van der Waals surface area contributed by atoms with Crippen molar-refractivity contribution in [2.75, 3.05) is 0 Å². The van der Waals surface area contributed by atoms with E-state index in [1.165, 1.54) is 11.5 Å². The van der Waals surface area contributed by atoms with E-state index in [0.717, 1.165) is 21.9 Å². The van der Waals surface area contributed by atoms with E-state index < -0.39 is 0 Å². The first-order valence-corrected chi connectivity index (χ1v) is 5.53. The molecular formula is C11H7ClN2S. The predicted octanol–water partition coefficient (Wildman–Crippen LogP) is 3.26. The van der Waals surface area contributed by atoms with Crippen LogP contribution in [-0.2, 0) is 6.42 Å². The topological polar surface area (TPSA) is 36.7 Å². The van der Waals surface area contributed by atoms with Gasteiger partial charge < -0.3 is 0 Å². The molecule has 1 aromatic heterocycles. The smallest absolute Gasteiger partial charge is 0.102 e. The highest BCUT2D eigenvalue weighted by atomic mass is 35.5. The fraction of sp³-hybridized carbons (Fsp3) is 0.0909. The standard InChI is InChI=1S/C11H7ClN2S/c12-10-3-1-8(2-4-10)5-11-9(6-13)7-14-15-11/h1-4,7H,5H2. The van der Waals surface area contributed by atoms with Crippen molar-refractivity contribution in [3.63, 3.8) is 0 Å². The van der Waals surface area contributed by atoms with E-state index in [2.05, 4.69) is 10.4 Å². The highest BCUT2D eigenvalue weighted by molar-refractivity contribution is 7.05. The molecule has 0 spiro atoms. The van der Waals surface area contributed by atoms with Gasteiger partial charge in [0, 0.05) is 16.3 Å². The first-order chi connectivity index (χ1) is 7.29. The van der Waals surface area contributed by atoms with Crippen molar-refractivity contribution in [1.29, 1.82) is 5.26 Å². The number of hydrogen-bond donors (Lipinski definition) is 0. The molecule has 2 aromatic rings. The van der Waals surface area contributed by atoms with Gasteiger partial charge in [-0.1, -0.05) is 23.7 Å². The van der Waals surface area contributed by atoms with E-state index in [4.69, 9.17) is 16.9 Å². The summed E-state index contributed by atoms with van der Waals surface area (Å²) in [6.45, 7) is 0. The van der Waals surface area contributed by atoms with Crippen molar-refractivity contribution in [3.8, 4) is 6.07 Å². The van der Waals surface area contributed by atoms with Gasteiger partial charge in [-0.15, -0.1) is 0 Å². The lowest BCUT2D eigenvalue weighted by atomic mass is 10.1. The lowest BCUT2D eigenvalue weighted by molar-refractivity contribution is 1.23. The molecule has 0 N–H and O–H groups in total. The van der Waals surface area contributed by atoms with Crippen LogP contribution in [0.5, 0.6) is 0 Å². The Morgan fingerprint density at radius 1 is 1.33 bits per heavy atom. The molecule has 2 rings (SSSR count). The van der Waals surface area contributed by atoms with Crippen LogP contribution >= 0.6 is 23.1 Å². The lowest BCUT2D eigenvalue weighted by Gasteiger charge is -1.98. The molecule has 0 saturated heterocycles. The zero-order valence-corrected chi connectivity index (χ0v) is 9.35. The van der Waals surface area contributed by atoms with Crippen molar-refractivity contribution >= 4 is 23.1 Å². The molecular weight excluding hydrogens is 228 g/mol. The molecule has 0 saturated carbocycles. The van der Waals surface area contributed by atoms with Crippen molar-refractivity contribution in [3.05, 3.63) is 51.5 Å². The van der Waals surface area contributed by atoms with Crippen LogP contribution in [0.15, 0.2) is 30.5 Å². The third-order valence-corrected chi connectivity index (χ3v) is 3.09. The van der Waals surface area contributed by atoms with E-state index in [1.807, 2.05) is 24.3 Å². The molecule has 0 unspecified atom stereocenters. The summed E-state index contributed by atoms with van der Waals surface area (Å²) in [6.07, 6.45) is 2.35. The minimum atomic E-state index is 0.662. The van der Waals surface area contributed by atoms with Crippen LogP contribution in [0.25, 0.3) is 0 Å². The van der Waals surface area contributed by atoms with Gasteiger partial charge in [-0.3, -0.25) is 0 Å². The molecule has 0 radical (unpaired) electrons. The Labute approximate surface area is 96.9 Å². The first kappa shape index (κ1) is 10.2. The van der Waals surface area contributed by atoms with Crippen LogP contribution in [0.2, 0.25) is 5.02 Å². The molecule has 74 valence electrons. The SMILES string of the molecule is N#Cc1cnsc1Cc1ccc(Cl)cc1. The van der Waals surface area contributed by atoms with Crippen LogP contribution in [0, 0.1) is 11.3 Å². The van der Waals surface area contributed by atoms with Crippen LogP contribution in [0.4, 0.5) is 0 Å². The normalized spacial score (nSPS) is 9.87. The molecule has 1 aromatic carbocycles. The molecule has 15 heavy (non-hydrogen) atoms. The average molecular weight is 235 g/mol. The second-order valence-electron chi connectivity index (χ2n) is 3.08. The minimum absolute atomic E-state index is 0.662. The van der Waals surface area contributed by atoms with Crippen LogP contribution in [0.1, 0.15) is 16.0 Å². The van der Waals surface area contributed by atoms with Gasteiger partial charge in [0.2, 0.25) is 0 Å². The number of halogens is 1. The number of hydrogen-bond acceptors (Lipinski definition) is 3. The average Bonchev–Trinajstić information content (AvgIpc) is 2.69. The van der Waals surface area contributed by atoms with Gasteiger partial charge >= 0.3 is 0 Å². The summed E-state index contributed by atoms with van der Waals surface area (Å²) in [5.74, 6) is 0. The van der Waals surface area contributed by atoms with Crippen LogP contribution in [-0.4, -0.2) is 4.37 Å². The second kappa shape index (κ2) is 4.43. The summed E-state index contributed by atoms with van der Waals surface area (Å²) in [4.78, 5) is 1.000. The minimum Gasteiger partial charge on any atom is -0.199 e. The molecule has 0 fully saturated rings. The molecule has 0 atom stereocenters. The Morgan fingerprint density at radius 3 is 2.73 bits per heavy atom. The van der Waals surface area contributed by atoms with Crippen molar-refractivity contribution in [2.45, 2.75) is 6.42 Å². The summed E-state index contributed by atoms with van der Waals surface area (Å²) >= 11 is 7.16. The predicted molar refractivity (Wildman–Crippen MR) is 61.1 cm³/mol. The molecule has 4 heteroatoms. The molecule has 0 amide bonds. The summed E-state index contributed by atoms with van der Waals surface area (Å²) < 4.78 is 4.00. The summed E-state index contributed by atoms with van der Waals surface area (Å²) in [5, 5.41) is 9.55. The largest absolute Gasteiger partial charge is 0.199 e. The van der Waals surface area contributed by atoms with E-state index in [9.17, 15) is 0 Å². The maximum absolute atomic E-state index is 8.83. The van der Waals surface area contributed by atoms with Crippen molar-refractivity contribution in [2.24, 2.45) is 0 Å². The zero-order chi connectivity index (χ0) is 10.7. The van der Waals surface area contributed by atoms with Gasteiger partial charge in [-0.2, -0.15) is 9.64 Å². The van der Waals surface area contributed by atoms with Gasteiger partial charge in [-0.25, -0.2) is 0 Å². The van der Waals surface area contributed by atoms with Crippen LogP contribution < -0.4 is 0 Å². The number of nitrogens with zero attached hydrogens (tertiary/aromatic N) is 2. The first-order valence-electron chi connectivity index (χ1n) is 4.37. The lowest BCUT2D eigenvalue weighted by Crippen LogP contribution is -1.86. The Hall–Kier alpha value is -1.37. The fourth-order valence-electron chi connectivity index (χ4n) is 1.27. The molecule has 0 aliphatic heterocycles. The molecule has 0 aliphatic carbocycles. The highest BCUT2D eigenvalue weighted by Gasteiger charge is 2.05. The van der Waals surface area contributed by atoms with Crippen LogP contribution in [0.3, 0.4) is 0 Å². The Kier molecular flexibility index (Phi) is 3.00. The quantitative estimate of drug-likeness (QED) is 0.800. The van der Waals surface area contributed by atoms with Gasteiger partial charge in [0.1, 0.15) is 6.07 Å². The maximum atomic E-state index is 8.83. The molecule has 0 bridgehead atoms. The Bertz CT molecular complexity index is 496. The molecule has 2 nitrogen and oxygen atoms in total. The van der Waals surface area contributed by atoms with Crippen molar-refractivity contribution in [1.82, 2.24) is 4.37 Å². The monoisotopic (exact) mass is 234 g/mol. The summed E-state index contributed by atoms with van der Waals surface area (Å²) in [7, 11) is 0. The summed E-state index contributed by atoms with van der Waals surface area (Å²) in [6, 6.07) is 9.75. The number of benzene rings is 1. The third kappa shape index (κ3) is 2.35. The van der Waals surface area contributed by atoms with E-state index >= 15 is 0 Å². The van der Waals surface area contributed by atoms with Gasteiger partial charge in [-0.05, 0) is 29.2 Å². The Balaban J connectivity index is 2.23. The Morgan fingerprint density at radius 2 is 2.07 bits per heavy atom. The van der Waals surface area contributed by atoms with Gasteiger partial charge in [0.25, 0.3) is 0 Å².